The van der Waals surface area contributed by atoms with Gasteiger partial charge in [-0.15, -0.1) is 0 Å². The summed E-state index contributed by atoms with van der Waals surface area (Å²) >= 11 is 0. The van der Waals surface area contributed by atoms with Crippen LogP contribution in [0.5, 0.6) is 0 Å². The summed E-state index contributed by atoms with van der Waals surface area (Å²) in [6.07, 6.45) is 1.00. The first kappa shape index (κ1) is 15.6. The summed E-state index contributed by atoms with van der Waals surface area (Å²) in [6.45, 7) is 1.89. The molecular weight excluding hydrogens is 308 g/mol. The maximum Gasteiger partial charge on any atom is 0.253 e. The van der Waals surface area contributed by atoms with Crippen molar-refractivity contribution in [3.05, 3.63) is 89.6 Å². The number of carbonyl (C=O) groups is 1. The summed E-state index contributed by atoms with van der Waals surface area (Å²) < 4.78 is 0. The number of pyridine rings is 1. The molecule has 1 aliphatic rings. The molecule has 3 nitrogen and oxygen atoms in total. The number of hydrogen-bond donors (Lipinski definition) is 1. The molecule has 124 valence electrons. The number of nitrogens with zero attached hydrogens (tertiary/aromatic N) is 1. The summed E-state index contributed by atoms with van der Waals surface area (Å²) in [4.78, 5) is 17.2. The van der Waals surface area contributed by atoms with Crippen LogP contribution in [0.2, 0.25) is 0 Å². The lowest BCUT2D eigenvalue weighted by Gasteiger charge is -2.09. The molecule has 0 unspecified atom stereocenters. The fraction of sp³-hybridized carbons (Fsp3) is 0.182. The minimum atomic E-state index is -0.0342. The molecule has 3 heteroatoms. The number of aryl methyl sites for hydroxylation is 1. The van der Waals surface area contributed by atoms with Crippen molar-refractivity contribution in [1.29, 1.82) is 0 Å². The third kappa shape index (κ3) is 3.31. The average molecular weight is 328 g/mol. The van der Waals surface area contributed by atoms with Crippen molar-refractivity contribution in [3.63, 3.8) is 0 Å². The van der Waals surface area contributed by atoms with Gasteiger partial charge in [0.2, 0.25) is 0 Å². The Morgan fingerprint density at radius 3 is 2.32 bits per heavy atom. The van der Waals surface area contributed by atoms with Gasteiger partial charge in [0.25, 0.3) is 5.91 Å². The number of aromatic nitrogens is 1. The molecule has 3 aromatic rings. The van der Waals surface area contributed by atoms with Crippen molar-refractivity contribution in [2.75, 3.05) is 0 Å². The highest BCUT2D eigenvalue weighted by Crippen LogP contribution is 2.40. The number of rotatable bonds is 4. The van der Waals surface area contributed by atoms with Gasteiger partial charge in [0.05, 0.1) is 17.0 Å². The first-order valence-electron chi connectivity index (χ1n) is 8.61. The van der Waals surface area contributed by atoms with Gasteiger partial charge in [-0.3, -0.25) is 9.78 Å². The molecule has 0 bridgehead atoms. The van der Waals surface area contributed by atoms with Gasteiger partial charge < -0.3 is 5.32 Å². The highest BCUT2D eigenvalue weighted by molar-refractivity contribution is 5.96. The standard InChI is InChI=1S/C22H20N2O/c1-15-18(12-13-20(23-15)17-10-6-3-7-11-17)22(25)24-21-14-19(21)16-8-4-2-5-9-16/h2-13,19,21H,14H2,1H3,(H,24,25)/t19-,21+/m0/s1. The predicted octanol–water partition coefficient (Wildman–Crippen LogP) is 4.34. The number of amides is 1. The predicted molar refractivity (Wildman–Crippen MR) is 99.5 cm³/mol. The van der Waals surface area contributed by atoms with Gasteiger partial charge >= 0.3 is 0 Å². The zero-order valence-corrected chi connectivity index (χ0v) is 14.1. The molecule has 25 heavy (non-hydrogen) atoms. The second-order valence-corrected chi connectivity index (χ2v) is 6.53. The number of hydrogen-bond acceptors (Lipinski definition) is 2. The Bertz CT molecular complexity index is 890. The van der Waals surface area contributed by atoms with Crippen LogP contribution in [-0.2, 0) is 0 Å². The molecule has 1 N–H and O–H groups in total. The Kier molecular flexibility index (Phi) is 4.06. The van der Waals surface area contributed by atoms with Crippen LogP contribution in [0.1, 0.15) is 34.0 Å². The summed E-state index contributed by atoms with van der Waals surface area (Å²) in [5, 5.41) is 3.14. The van der Waals surface area contributed by atoms with Crippen LogP contribution >= 0.6 is 0 Å². The Balaban J connectivity index is 1.46. The number of benzene rings is 2. The van der Waals surface area contributed by atoms with Gasteiger partial charge in [0, 0.05) is 17.5 Å². The first-order valence-corrected chi connectivity index (χ1v) is 8.61. The van der Waals surface area contributed by atoms with Crippen LogP contribution in [0.4, 0.5) is 0 Å². The summed E-state index contributed by atoms with van der Waals surface area (Å²) in [7, 11) is 0. The van der Waals surface area contributed by atoms with Crippen LogP contribution in [0.25, 0.3) is 11.3 Å². The van der Waals surface area contributed by atoms with E-state index in [1.54, 1.807) is 0 Å². The van der Waals surface area contributed by atoms with Gasteiger partial charge in [-0.1, -0.05) is 60.7 Å². The Labute approximate surface area is 147 Å². The van der Waals surface area contributed by atoms with E-state index in [0.29, 0.717) is 11.5 Å². The maximum atomic E-state index is 12.6. The van der Waals surface area contributed by atoms with Gasteiger partial charge in [-0.25, -0.2) is 0 Å². The van der Waals surface area contributed by atoms with Crippen LogP contribution < -0.4 is 5.32 Å². The van der Waals surface area contributed by atoms with Crippen LogP contribution in [-0.4, -0.2) is 16.9 Å². The minimum Gasteiger partial charge on any atom is -0.349 e. The molecule has 1 amide bonds. The lowest BCUT2D eigenvalue weighted by molar-refractivity contribution is 0.0949. The summed E-state index contributed by atoms with van der Waals surface area (Å²) in [5.41, 5.74) is 4.66. The molecular formula is C22H20N2O. The highest BCUT2D eigenvalue weighted by Gasteiger charge is 2.39. The van der Waals surface area contributed by atoms with Crippen molar-refractivity contribution in [2.24, 2.45) is 0 Å². The fourth-order valence-corrected chi connectivity index (χ4v) is 3.24. The lowest BCUT2D eigenvalue weighted by atomic mass is 10.1. The Morgan fingerprint density at radius 2 is 1.64 bits per heavy atom. The van der Waals surface area contributed by atoms with Gasteiger partial charge in [0.1, 0.15) is 0 Å². The second-order valence-electron chi connectivity index (χ2n) is 6.53. The molecule has 1 fully saturated rings. The van der Waals surface area contributed by atoms with Crippen LogP contribution in [0.3, 0.4) is 0 Å². The number of nitrogens with one attached hydrogen (secondary N) is 1. The van der Waals surface area contributed by atoms with E-state index in [-0.39, 0.29) is 11.9 Å². The van der Waals surface area contributed by atoms with Crippen LogP contribution in [0, 0.1) is 6.92 Å². The molecule has 1 aromatic heterocycles. The summed E-state index contributed by atoms with van der Waals surface area (Å²) in [6, 6.07) is 24.4. The summed E-state index contributed by atoms with van der Waals surface area (Å²) in [5.74, 6) is 0.398. The molecule has 1 saturated carbocycles. The highest BCUT2D eigenvalue weighted by atomic mass is 16.1. The molecule has 0 spiro atoms. The molecule has 2 atom stereocenters. The van der Waals surface area contributed by atoms with E-state index >= 15 is 0 Å². The van der Waals surface area contributed by atoms with Gasteiger partial charge in [-0.2, -0.15) is 0 Å². The average Bonchev–Trinajstić information content (AvgIpc) is 3.42. The third-order valence-corrected chi connectivity index (χ3v) is 4.73. The van der Waals surface area contributed by atoms with E-state index < -0.39 is 0 Å². The zero-order chi connectivity index (χ0) is 17.2. The van der Waals surface area contributed by atoms with E-state index in [2.05, 4.69) is 22.4 Å². The largest absolute Gasteiger partial charge is 0.349 e. The van der Waals surface area contributed by atoms with Gasteiger partial charge in [-0.05, 0) is 31.0 Å². The van der Waals surface area contributed by atoms with E-state index in [4.69, 9.17) is 0 Å². The Morgan fingerprint density at radius 1 is 0.960 bits per heavy atom. The quantitative estimate of drug-likeness (QED) is 0.774. The number of carbonyl (C=O) groups excluding carboxylic acids is 1. The lowest BCUT2D eigenvalue weighted by Crippen LogP contribution is -2.27. The fourth-order valence-electron chi connectivity index (χ4n) is 3.24. The zero-order valence-electron chi connectivity index (χ0n) is 14.1. The van der Waals surface area contributed by atoms with Gasteiger partial charge in [0.15, 0.2) is 0 Å². The molecule has 4 rings (SSSR count). The first-order chi connectivity index (χ1) is 12.2. The van der Waals surface area contributed by atoms with Crippen molar-refractivity contribution >= 4 is 5.91 Å². The monoisotopic (exact) mass is 328 g/mol. The van der Waals surface area contributed by atoms with E-state index in [0.717, 1.165) is 23.4 Å². The molecule has 1 heterocycles. The van der Waals surface area contributed by atoms with Crippen molar-refractivity contribution in [2.45, 2.75) is 25.3 Å². The molecule has 0 aliphatic heterocycles. The van der Waals surface area contributed by atoms with E-state index in [1.165, 1.54) is 5.56 Å². The van der Waals surface area contributed by atoms with Crippen molar-refractivity contribution in [1.82, 2.24) is 10.3 Å². The topological polar surface area (TPSA) is 42.0 Å². The van der Waals surface area contributed by atoms with E-state index in [1.807, 2.05) is 67.6 Å². The third-order valence-electron chi connectivity index (χ3n) is 4.73. The smallest absolute Gasteiger partial charge is 0.253 e. The molecule has 0 saturated heterocycles. The molecule has 2 aromatic carbocycles. The van der Waals surface area contributed by atoms with Crippen molar-refractivity contribution in [3.8, 4) is 11.3 Å². The van der Waals surface area contributed by atoms with Crippen LogP contribution in [0.15, 0.2) is 72.8 Å². The maximum absolute atomic E-state index is 12.6. The normalized spacial score (nSPS) is 18.6. The Hall–Kier alpha value is -2.94. The second kappa shape index (κ2) is 6.52. The van der Waals surface area contributed by atoms with Crippen molar-refractivity contribution < 1.29 is 4.79 Å². The van der Waals surface area contributed by atoms with E-state index in [9.17, 15) is 4.79 Å². The molecule has 0 radical (unpaired) electrons. The molecule has 1 aliphatic carbocycles. The minimum absolute atomic E-state index is 0.0342. The SMILES string of the molecule is Cc1nc(-c2ccccc2)ccc1C(=O)N[C@@H]1C[C@H]1c1ccccc1.